The largest absolute Gasteiger partial charge is 0.441 e. The second kappa shape index (κ2) is 6.36. The minimum atomic E-state index is -0.0745. The van der Waals surface area contributed by atoms with Crippen LogP contribution in [0.1, 0.15) is 19.2 Å². The number of carbonyl (C=O) groups is 1. The average molecular weight is 303 g/mol. The fourth-order valence-electron chi connectivity index (χ4n) is 2.76. The summed E-state index contributed by atoms with van der Waals surface area (Å²) in [4.78, 5) is 18.4. The summed E-state index contributed by atoms with van der Waals surface area (Å²) in [5.41, 5.74) is 2.21. The predicted octanol–water partition coefficient (Wildman–Crippen LogP) is 3.03. The van der Waals surface area contributed by atoms with Gasteiger partial charge < -0.3 is 19.4 Å². The van der Waals surface area contributed by atoms with Crippen molar-refractivity contribution in [2.45, 2.75) is 20.3 Å². The van der Waals surface area contributed by atoms with Crippen LogP contribution in [-0.4, -0.2) is 42.2 Å². The van der Waals surface area contributed by atoms with Crippen LogP contribution in [0.4, 0.5) is 10.5 Å². The van der Waals surface area contributed by atoms with Crippen molar-refractivity contribution < 1.29 is 13.9 Å². The summed E-state index contributed by atoms with van der Waals surface area (Å²) in [5.74, 6) is 1.06. The number of ether oxygens (including phenoxy) is 1. The maximum atomic E-state index is 12.3. The molecule has 118 valence electrons. The summed E-state index contributed by atoms with van der Waals surface area (Å²) < 4.78 is 10.9. The molecule has 2 amide bonds. The molecule has 1 aromatic carbocycles. The van der Waals surface area contributed by atoms with Crippen molar-refractivity contribution in [3.63, 3.8) is 0 Å². The van der Waals surface area contributed by atoms with Crippen LogP contribution in [0.3, 0.4) is 0 Å². The molecule has 1 N–H and O–H groups in total. The van der Waals surface area contributed by atoms with Crippen LogP contribution in [0.25, 0.3) is 11.1 Å². The van der Waals surface area contributed by atoms with E-state index in [4.69, 9.17) is 9.15 Å². The van der Waals surface area contributed by atoms with Gasteiger partial charge in [-0.1, -0.05) is 0 Å². The quantitative estimate of drug-likeness (QED) is 0.942. The van der Waals surface area contributed by atoms with E-state index in [9.17, 15) is 4.79 Å². The van der Waals surface area contributed by atoms with Crippen molar-refractivity contribution in [3.8, 4) is 0 Å². The number of rotatable bonds is 4. The lowest BCUT2D eigenvalue weighted by Crippen LogP contribution is -2.33. The molecule has 0 saturated carbocycles. The van der Waals surface area contributed by atoms with E-state index in [1.165, 1.54) is 0 Å². The summed E-state index contributed by atoms with van der Waals surface area (Å²) in [6.45, 7) is 6.76. The van der Waals surface area contributed by atoms with E-state index in [0.717, 1.165) is 43.9 Å². The van der Waals surface area contributed by atoms with Crippen LogP contribution in [-0.2, 0) is 4.74 Å². The number of hydrogen-bond donors (Lipinski definition) is 1. The first kappa shape index (κ1) is 14.8. The standard InChI is InChI=1S/C16H21N3O3/c1-3-21-10-12-6-7-19(9-12)16(20)18-13-4-5-14-15(8-13)22-11(2)17-14/h4-5,8,12H,3,6-7,9-10H2,1-2H3,(H,18,20). The average Bonchev–Trinajstić information content (AvgIpc) is 3.10. The van der Waals surface area contributed by atoms with Crippen molar-refractivity contribution in [1.82, 2.24) is 9.88 Å². The molecule has 1 unspecified atom stereocenters. The highest BCUT2D eigenvalue weighted by atomic mass is 16.5. The van der Waals surface area contributed by atoms with Gasteiger partial charge in [-0.05, 0) is 25.5 Å². The number of fused-ring (bicyclic) bond motifs is 1. The van der Waals surface area contributed by atoms with Gasteiger partial charge in [-0.3, -0.25) is 0 Å². The molecule has 22 heavy (non-hydrogen) atoms. The van der Waals surface area contributed by atoms with Gasteiger partial charge in [0.05, 0.1) is 6.61 Å². The molecule has 0 aliphatic carbocycles. The fraction of sp³-hybridized carbons (Fsp3) is 0.500. The first-order chi connectivity index (χ1) is 10.7. The Morgan fingerprint density at radius 3 is 3.23 bits per heavy atom. The third-order valence-corrected chi connectivity index (χ3v) is 3.88. The van der Waals surface area contributed by atoms with Gasteiger partial charge in [0.15, 0.2) is 11.5 Å². The molecule has 1 aliphatic heterocycles. The molecule has 6 heteroatoms. The molecule has 0 bridgehead atoms. The normalized spacial score (nSPS) is 18.1. The van der Waals surface area contributed by atoms with Gasteiger partial charge in [0.25, 0.3) is 0 Å². The molecule has 1 saturated heterocycles. The second-order valence-electron chi connectivity index (χ2n) is 5.61. The highest BCUT2D eigenvalue weighted by molar-refractivity contribution is 5.91. The lowest BCUT2D eigenvalue weighted by Gasteiger charge is -2.17. The summed E-state index contributed by atoms with van der Waals surface area (Å²) in [6, 6.07) is 5.43. The van der Waals surface area contributed by atoms with E-state index in [0.29, 0.717) is 17.4 Å². The van der Waals surface area contributed by atoms with E-state index in [-0.39, 0.29) is 6.03 Å². The Morgan fingerprint density at radius 1 is 1.55 bits per heavy atom. The van der Waals surface area contributed by atoms with Crippen LogP contribution in [0.2, 0.25) is 0 Å². The third-order valence-electron chi connectivity index (χ3n) is 3.88. The van der Waals surface area contributed by atoms with Gasteiger partial charge in [-0.2, -0.15) is 0 Å². The first-order valence-electron chi connectivity index (χ1n) is 7.66. The fourth-order valence-corrected chi connectivity index (χ4v) is 2.76. The van der Waals surface area contributed by atoms with Crippen LogP contribution < -0.4 is 5.32 Å². The van der Waals surface area contributed by atoms with E-state index in [1.807, 2.05) is 24.0 Å². The monoisotopic (exact) mass is 303 g/mol. The summed E-state index contributed by atoms with van der Waals surface area (Å²) in [5, 5.41) is 2.92. The van der Waals surface area contributed by atoms with Crippen molar-refractivity contribution in [3.05, 3.63) is 24.1 Å². The zero-order valence-corrected chi connectivity index (χ0v) is 13.0. The van der Waals surface area contributed by atoms with Gasteiger partial charge >= 0.3 is 6.03 Å². The molecule has 1 fully saturated rings. The molecule has 1 aliphatic rings. The zero-order chi connectivity index (χ0) is 15.5. The number of oxazole rings is 1. The van der Waals surface area contributed by atoms with E-state index >= 15 is 0 Å². The van der Waals surface area contributed by atoms with Crippen molar-refractivity contribution in [1.29, 1.82) is 0 Å². The second-order valence-corrected chi connectivity index (χ2v) is 5.61. The molecule has 0 spiro atoms. The molecule has 1 aromatic heterocycles. The highest BCUT2D eigenvalue weighted by Gasteiger charge is 2.26. The number of anilines is 1. The number of nitrogens with one attached hydrogen (secondary N) is 1. The van der Waals surface area contributed by atoms with E-state index < -0.39 is 0 Å². The number of nitrogens with zero attached hydrogens (tertiary/aromatic N) is 2. The maximum Gasteiger partial charge on any atom is 0.321 e. The number of urea groups is 1. The number of benzene rings is 1. The number of aromatic nitrogens is 1. The summed E-state index contributed by atoms with van der Waals surface area (Å²) >= 11 is 0. The number of aryl methyl sites for hydroxylation is 1. The van der Waals surface area contributed by atoms with Gasteiger partial charge in [0.1, 0.15) is 5.52 Å². The Bertz CT molecular complexity index is 668. The highest BCUT2D eigenvalue weighted by Crippen LogP contribution is 2.22. The third kappa shape index (κ3) is 3.22. The lowest BCUT2D eigenvalue weighted by atomic mass is 10.1. The maximum absolute atomic E-state index is 12.3. The van der Waals surface area contributed by atoms with Crippen LogP contribution in [0.5, 0.6) is 0 Å². The smallest absolute Gasteiger partial charge is 0.321 e. The van der Waals surface area contributed by atoms with Crippen LogP contribution >= 0.6 is 0 Å². The minimum absolute atomic E-state index is 0.0745. The molecule has 1 atom stereocenters. The number of amides is 2. The van der Waals surface area contributed by atoms with Crippen molar-refractivity contribution in [2.75, 3.05) is 31.6 Å². The number of hydrogen-bond acceptors (Lipinski definition) is 4. The van der Waals surface area contributed by atoms with E-state index in [1.54, 1.807) is 13.0 Å². The van der Waals surface area contributed by atoms with Crippen molar-refractivity contribution >= 4 is 22.8 Å². The SMILES string of the molecule is CCOCC1CCN(C(=O)Nc2ccc3nc(C)oc3c2)C1. The molecule has 2 aromatic rings. The Hall–Kier alpha value is -2.08. The van der Waals surface area contributed by atoms with Crippen molar-refractivity contribution in [2.24, 2.45) is 5.92 Å². The van der Waals surface area contributed by atoms with Gasteiger partial charge in [-0.25, -0.2) is 9.78 Å². The zero-order valence-electron chi connectivity index (χ0n) is 13.0. The Morgan fingerprint density at radius 2 is 2.41 bits per heavy atom. The Kier molecular flexibility index (Phi) is 4.29. The van der Waals surface area contributed by atoms with Gasteiger partial charge in [0.2, 0.25) is 0 Å². The molecular formula is C16H21N3O3. The lowest BCUT2D eigenvalue weighted by molar-refractivity contribution is 0.113. The molecule has 2 heterocycles. The molecule has 3 rings (SSSR count). The van der Waals surface area contributed by atoms with Gasteiger partial charge in [-0.15, -0.1) is 0 Å². The topological polar surface area (TPSA) is 67.6 Å². The minimum Gasteiger partial charge on any atom is -0.441 e. The Labute approximate surface area is 129 Å². The summed E-state index contributed by atoms with van der Waals surface area (Å²) in [6.07, 6.45) is 0.994. The van der Waals surface area contributed by atoms with Crippen LogP contribution in [0, 0.1) is 12.8 Å². The molecule has 0 radical (unpaired) electrons. The first-order valence-corrected chi connectivity index (χ1v) is 7.66. The Balaban J connectivity index is 1.61. The number of carbonyl (C=O) groups excluding carboxylic acids is 1. The molecular weight excluding hydrogens is 282 g/mol. The van der Waals surface area contributed by atoms with Crippen LogP contribution in [0.15, 0.2) is 22.6 Å². The van der Waals surface area contributed by atoms with Gasteiger partial charge in [0, 0.05) is 44.3 Å². The summed E-state index contributed by atoms with van der Waals surface area (Å²) in [7, 11) is 0. The molecule has 6 nitrogen and oxygen atoms in total. The van der Waals surface area contributed by atoms with E-state index in [2.05, 4.69) is 10.3 Å². The number of likely N-dealkylation sites (tertiary alicyclic amines) is 1. The predicted molar refractivity (Wildman–Crippen MR) is 83.9 cm³/mol.